The van der Waals surface area contributed by atoms with Crippen LogP contribution < -0.4 is 0 Å². The van der Waals surface area contributed by atoms with Crippen molar-refractivity contribution in [2.75, 3.05) is 0 Å². The lowest BCUT2D eigenvalue weighted by Gasteiger charge is -2.19. The molecule has 1 aliphatic carbocycles. The summed E-state index contributed by atoms with van der Waals surface area (Å²) in [4.78, 5) is 0. The lowest BCUT2D eigenvalue weighted by molar-refractivity contribution is 0.336. The van der Waals surface area contributed by atoms with E-state index in [1.54, 1.807) is 0 Å². The van der Waals surface area contributed by atoms with E-state index in [4.69, 9.17) is 0 Å². The minimum atomic E-state index is 0.993. The summed E-state index contributed by atoms with van der Waals surface area (Å²) < 4.78 is 0. The van der Waals surface area contributed by atoms with E-state index < -0.39 is 0 Å². The van der Waals surface area contributed by atoms with Gasteiger partial charge in [-0.2, -0.15) is 0 Å². The minimum absolute atomic E-state index is 0.993. The molecule has 0 nitrogen and oxygen atoms in total. The fourth-order valence-electron chi connectivity index (χ4n) is 2.50. The van der Waals surface area contributed by atoms with E-state index in [2.05, 4.69) is 13.8 Å². The molecule has 0 heteroatoms. The van der Waals surface area contributed by atoms with Gasteiger partial charge in [-0.3, -0.25) is 0 Å². The van der Waals surface area contributed by atoms with Gasteiger partial charge in [0.25, 0.3) is 0 Å². The second-order valence-electron chi connectivity index (χ2n) is 4.95. The number of hydrogen-bond acceptors (Lipinski definition) is 0. The van der Waals surface area contributed by atoms with Crippen LogP contribution in [-0.4, -0.2) is 0 Å². The third-order valence-corrected chi connectivity index (χ3v) is 3.70. The number of rotatable bonds is 1. The fraction of sp³-hybridized carbons (Fsp3) is 1.00. The van der Waals surface area contributed by atoms with Gasteiger partial charge in [0, 0.05) is 0 Å². The maximum absolute atomic E-state index is 2.44. The monoisotopic (exact) mass is 182 g/mol. The van der Waals surface area contributed by atoms with Gasteiger partial charge in [-0.1, -0.05) is 71.6 Å². The second kappa shape index (κ2) is 6.45. The zero-order chi connectivity index (χ0) is 9.52. The molecule has 1 rings (SSSR count). The molecule has 13 heavy (non-hydrogen) atoms. The predicted molar refractivity (Wildman–Crippen MR) is 59.9 cm³/mol. The summed E-state index contributed by atoms with van der Waals surface area (Å²) in [6.07, 6.45) is 13.3. The highest BCUT2D eigenvalue weighted by Crippen LogP contribution is 2.26. The molecule has 1 aliphatic rings. The lowest BCUT2D eigenvalue weighted by atomic mass is 9.87. The summed E-state index contributed by atoms with van der Waals surface area (Å²) in [6.45, 7) is 4.80. The molecule has 1 saturated carbocycles. The highest BCUT2D eigenvalue weighted by molar-refractivity contribution is 4.64. The van der Waals surface area contributed by atoms with E-state index in [1.807, 2.05) is 0 Å². The Balaban J connectivity index is 2.27. The molecular formula is C13H26. The zero-order valence-electron chi connectivity index (χ0n) is 9.52. The average molecular weight is 182 g/mol. The van der Waals surface area contributed by atoms with E-state index in [-0.39, 0.29) is 0 Å². The smallest absolute Gasteiger partial charge is 0.0417 e. The Morgan fingerprint density at radius 2 is 1.54 bits per heavy atom. The normalized spacial score (nSPS) is 32.8. The summed E-state index contributed by atoms with van der Waals surface area (Å²) in [6, 6.07) is 0. The van der Waals surface area contributed by atoms with Crippen LogP contribution in [0.5, 0.6) is 0 Å². The summed E-state index contributed by atoms with van der Waals surface area (Å²) in [5.74, 6) is 2.03. The highest BCUT2D eigenvalue weighted by atomic mass is 14.2. The van der Waals surface area contributed by atoms with Crippen molar-refractivity contribution < 1.29 is 0 Å². The van der Waals surface area contributed by atoms with Gasteiger partial charge in [0.1, 0.15) is 0 Å². The van der Waals surface area contributed by atoms with Crippen LogP contribution in [0.3, 0.4) is 0 Å². The number of hydrogen-bond donors (Lipinski definition) is 0. The quantitative estimate of drug-likeness (QED) is 0.547. The van der Waals surface area contributed by atoms with Crippen LogP contribution in [0, 0.1) is 11.8 Å². The molecule has 2 unspecified atom stereocenters. The standard InChI is InChI=1S/C13H26/c1-3-13-9-7-5-4-6-8-12(2)10-11-13/h12-13H,3-11H2,1-2H3. The molecule has 1 fully saturated rings. The van der Waals surface area contributed by atoms with E-state index in [0.717, 1.165) is 11.8 Å². The minimum Gasteiger partial charge on any atom is -0.0651 e. The Labute approximate surface area is 84.1 Å². The van der Waals surface area contributed by atoms with Crippen LogP contribution in [0.4, 0.5) is 0 Å². The third kappa shape index (κ3) is 4.69. The molecule has 0 heterocycles. The molecule has 0 spiro atoms. The van der Waals surface area contributed by atoms with Crippen molar-refractivity contribution in [3.05, 3.63) is 0 Å². The van der Waals surface area contributed by atoms with E-state index in [0.29, 0.717) is 0 Å². The second-order valence-corrected chi connectivity index (χ2v) is 4.95. The van der Waals surface area contributed by atoms with Gasteiger partial charge in [-0.25, -0.2) is 0 Å². The van der Waals surface area contributed by atoms with Crippen molar-refractivity contribution in [1.29, 1.82) is 0 Å². The van der Waals surface area contributed by atoms with E-state index in [9.17, 15) is 0 Å². The third-order valence-electron chi connectivity index (χ3n) is 3.70. The van der Waals surface area contributed by atoms with Crippen LogP contribution in [0.1, 0.15) is 71.6 Å². The molecule has 78 valence electrons. The molecule has 0 aliphatic heterocycles. The summed E-state index contributed by atoms with van der Waals surface area (Å²) in [7, 11) is 0. The van der Waals surface area contributed by atoms with Gasteiger partial charge in [-0.05, 0) is 11.8 Å². The van der Waals surface area contributed by atoms with Crippen molar-refractivity contribution in [1.82, 2.24) is 0 Å². The van der Waals surface area contributed by atoms with Gasteiger partial charge in [0.2, 0.25) is 0 Å². The molecule has 0 amide bonds. The van der Waals surface area contributed by atoms with Crippen molar-refractivity contribution in [2.24, 2.45) is 11.8 Å². The Kier molecular flexibility index (Phi) is 5.50. The first-order valence-corrected chi connectivity index (χ1v) is 6.33. The molecule has 0 saturated heterocycles. The molecule has 0 radical (unpaired) electrons. The van der Waals surface area contributed by atoms with Gasteiger partial charge in [-0.15, -0.1) is 0 Å². The maximum Gasteiger partial charge on any atom is -0.0417 e. The lowest BCUT2D eigenvalue weighted by Crippen LogP contribution is -2.05. The Morgan fingerprint density at radius 1 is 0.846 bits per heavy atom. The van der Waals surface area contributed by atoms with Crippen LogP contribution in [0.25, 0.3) is 0 Å². The van der Waals surface area contributed by atoms with Crippen LogP contribution in [-0.2, 0) is 0 Å². The topological polar surface area (TPSA) is 0 Å². The molecule has 0 aromatic rings. The first kappa shape index (κ1) is 11.1. The molecule has 0 N–H and O–H groups in total. The van der Waals surface area contributed by atoms with E-state index in [1.165, 1.54) is 57.8 Å². The predicted octanol–water partition coefficient (Wildman–Crippen LogP) is 4.78. The Morgan fingerprint density at radius 3 is 2.23 bits per heavy atom. The first-order valence-electron chi connectivity index (χ1n) is 6.33. The molecule has 0 bridgehead atoms. The summed E-state index contributed by atoms with van der Waals surface area (Å²) in [5, 5.41) is 0. The first-order chi connectivity index (χ1) is 6.33. The maximum atomic E-state index is 2.44. The van der Waals surface area contributed by atoms with Crippen molar-refractivity contribution >= 4 is 0 Å². The Hall–Kier alpha value is 0. The SMILES string of the molecule is CCC1CCCCCCC(C)CC1. The molecule has 0 aromatic carbocycles. The van der Waals surface area contributed by atoms with Crippen LogP contribution in [0.2, 0.25) is 0 Å². The van der Waals surface area contributed by atoms with Crippen LogP contribution >= 0.6 is 0 Å². The van der Waals surface area contributed by atoms with Gasteiger partial charge >= 0.3 is 0 Å². The zero-order valence-corrected chi connectivity index (χ0v) is 9.52. The van der Waals surface area contributed by atoms with Crippen molar-refractivity contribution in [3.63, 3.8) is 0 Å². The highest BCUT2D eigenvalue weighted by Gasteiger charge is 2.10. The summed E-state index contributed by atoms with van der Waals surface area (Å²) >= 11 is 0. The molecule has 0 aromatic heterocycles. The average Bonchev–Trinajstić information content (AvgIpc) is 2.16. The van der Waals surface area contributed by atoms with E-state index >= 15 is 0 Å². The largest absolute Gasteiger partial charge is 0.0651 e. The van der Waals surface area contributed by atoms with Crippen LogP contribution in [0.15, 0.2) is 0 Å². The van der Waals surface area contributed by atoms with Gasteiger partial charge in [0.15, 0.2) is 0 Å². The van der Waals surface area contributed by atoms with Crippen molar-refractivity contribution in [2.45, 2.75) is 71.6 Å². The molecular weight excluding hydrogens is 156 g/mol. The molecule has 2 atom stereocenters. The van der Waals surface area contributed by atoms with Gasteiger partial charge < -0.3 is 0 Å². The van der Waals surface area contributed by atoms with Gasteiger partial charge in [0.05, 0.1) is 0 Å². The van der Waals surface area contributed by atoms with Crippen molar-refractivity contribution in [3.8, 4) is 0 Å². The fourth-order valence-corrected chi connectivity index (χ4v) is 2.50. The Bertz CT molecular complexity index is 117. The summed E-state index contributed by atoms with van der Waals surface area (Å²) in [5.41, 5.74) is 0.